The standard InChI is InChI=1S/C12H22N2O3/c1-2-3-6-10(12(16)17)14-11(15)9-7-4-5-8-13-9/h9-10,13H,2-8H2,1H3,(H,14,15)(H,16,17)/t9?,10-/m0/s1. The van der Waals surface area contributed by atoms with Gasteiger partial charge in [0, 0.05) is 0 Å². The molecule has 0 radical (unpaired) electrons. The Morgan fingerprint density at radius 1 is 1.47 bits per heavy atom. The van der Waals surface area contributed by atoms with Crippen LogP contribution < -0.4 is 10.6 Å². The van der Waals surface area contributed by atoms with Crippen molar-refractivity contribution in [2.45, 2.75) is 57.5 Å². The highest BCUT2D eigenvalue weighted by Crippen LogP contribution is 2.08. The molecule has 0 aliphatic carbocycles. The molecular formula is C12H22N2O3. The van der Waals surface area contributed by atoms with Crippen LogP contribution in [0.4, 0.5) is 0 Å². The minimum absolute atomic E-state index is 0.173. The summed E-state index contributed by atoms with van der Waals surface area (Å²) < 4.78 is 0. The van der Waals surface area contributed by atoms with Crippen LogP contribution in [0.15, 0.2) is 0 Å². The molecule has 5 nitrogen and oxygen atoms in total. The molecular weight excluding hydrogens is 220 g/mol. The van der Waals surface area contributed by atoms with Gasteiger partial charge in [0.2, 0.25) is 5.91 Å². The van der Waals surface area contributed by atoms with Crippen LogP contribution in [0.3, 0.4) is 0 Å². The minimum atomic E-state index is -0.942. The first-order chi connectivity index (χ1) is 8.15. The van der Waals surface area contributed by atoms with Crippen molar-refractivity contribution < 1.29 is 14.7 Å². The molecule has 0 bridgehead atoms. The van der Waals surface area contributed by atoms with Gasteiger partial charge in [-0.25, -0.2) is 4.79 Å². The van der Waals surface area contributed by atoms with Gasteiger partial charge in [-0.2, -0.15) is 0 Å². The average Bonchev–Trinajstić information content (AvgIpc) is 2.35. The Labute approximate surface area is 102 Å². The molecule has 1 aliphatic rings. The highest BCUT2D eigenvalue weighted by molar-refractivity contribution is 5.86. The van der Waals surface area contributed by atoms with Crippen LogP contribution in [0.25, 0.3) is 0 Å². The van der Waals surface area contributed by atoms with E-state index in [9.17, 15) is 9.59 Å². The van der Waals surface area contributed by atoms with E-state index in [1.165, 1.54) is 0 Å². The molecule has 0 saturated carbocycles. The number of aliphatic carboxylic acids is 1. The third-order valence-electron chi connectivity index (χ3n) is 3.09. The number of unbranched alkanes of at least 4 members (excludes halogenated alkanes) is 1. The molecule has 1 heterocycles. The fraction of sp³-hybridized carbons (Fsp3) is 0.833. The maximum Gasteiger partial charge on any atom is 0.326 e. The number of carboxylic acid groups (broad SMARTS) is 1. The summed E-state index contributed by atoms with van der Waals surface area (Å²) in [7, 11) is 0. The van der Waals surface area contributed by atoms with Crippen molar-refractivity contribution in [3.63, 3.8) is 0 Å². The molecule has 1 unspecified atom stereocenters. The molecule has 3 N–H and O–H groups in total. The Morgan fingerprint density at radius 3 is 2.76 bits per heavy atom. The lowest BCUT2D eigenvalue weighted by molar-refractivity contribution is -0.142. The molecule has 0 aromatic carbocycles. The molecule has 5 heteroatoms. The second kappa shape index (κ2) is 7.27. The predicted octanol–water partition coefficient (Wildman–Crippen LogP) is 0.888. The maximum atomic E-state index is 11.8. The summed E-state index contributed by atoms with van der Waals surface area (Å²) in [4.78, 5) is 22.8. The Kier molecular flexibility index (Phi) is 5.97. The Hall–Kier alpha value is -1.10. The molecule has 1 saturated heterocycles. The zero-order valence-electron chi connectivity index (χ0n) is 10.4. The second-order valence-corrected chi connectivity index (χ2v) is 4.54. The van der Waals surface area contributed by atoms with Gasteiger partial charge >= 0.3 is 5.97 Å². The second-order valence-electron chi connectivity index (χ2n) is 4.54. The van der Waals surface area contributed by atoms with E-state index in [1.807, 2.05) is 6.92 Å². The molecule has 98 valence electrons. The molecule has 0 aromatic rings. The van der Waals surface area contributed by atoms with Crippen molar-refractivity contribution in [3.05, 3.63) is 0 Å². The molecule has 1 fully saturated rings. The van der Waals surface area contributed by atoms with Crippen LogP contribution in [0, 0.1) is 0 Å². The third kappa shape index (κ3) is 4.73. The van der Waals surface area contributed by atoms with E-state index in [0.29, 0.717) is 6.42 Å². The van der Waals surface area contributed by atoms with Crippen molar-refractivity contribution >= 4 is 11.9 Å². The highest BCUT2D eigenvalue weighted by atomic mass is 16.4. The molecule has 2 atom stereocenters. The fourth-order valence-electron chi connectivity index (χ4n) is 2.01. The first kappa shape index (κ1) is 14.0. The van der Waals surface area contributed by atoms with Gasteiger partial charge in [0.05, 0.1) is 6.04 Å². The molecule has 17 heavy (non-hydrogen) atoms. The predicted molar refractivity (Wildman–Crippen MR) is 64.7 cm³/mol. The van der Waals surface area contributed by atoms with Crippen LogP contribution in [0.5, 0.6) is 0 Å². The number of amides is 1. The number of hydrogen-bond acceptors (Lipinski definition) is 3. The van der Waals surface area contributed by atoms with E-state index in [1.54, 1.807) is 0 Å². The molecule has 1 aliphatic heterocycles. The number of piperidine rings is 1. The van der Waals surface area contributed by atoms with Gasteiger partial charge < -0.3 is 15.7 Å². The van der Waals surface area contributed by atoms with Crippen LogP contribution in [-0.2, 0) is 9.59 Å². The molecule has 0 spiro atoms. The van der Waals surface area contributed by atoms with Crippen molar-refractivity contribution in [2.24, 2.45) is 0 Å². The van der Waals surface area contributed by atoms with Crippen molar-refractivity contribution in [2.75, 3.05) is 6.54 Å². The van der Waals surface area contributed by atoms with Gasteiger partial charge in [0.25, 0.3) is 0 Å². The summed E-state index contributed by atoms with van der Waals surface area (Å²) in [5, 5.41) is 14.7. The summed E-state index contributed by atoms with van der Waals surface area (Å²) in [5.41, 5.74) is 0. The SMILES string of the molecule is CCCC[C@H](NC(=O)C1CCCCN1)C(=O)O. The zero-order chi connectivity index (χ0) is 12.7. The van der Waals surface area contributed by atoms with Gasteiger partial charge in [0.15, 0.2) is 0 Å². The number of carboxylic acids is 1. The zero-order valence-corrected chi connectivity index (χ0v) is 10.4. The van der Waals surface area contributed by atoms with Crippen molar-refractivity contribution in [1.29, 1.82) is 0 Å². The van der Waals surface area contributed by atoms with Gasteiger partial charge in [-0.1, -0.05) is 26.2 Å². The van der Waals surface area contributed by atoms with Crippen LogP contribution in [0.1, 0.15) is 45.4 Å². The monoisotopic (exact) mass is 242 g/mol. The first-order valence-corrected chi connectivity index (χ1v) is 6.41. The van der Waals surface area contributed by atoms with E-state index in [4.69, 9.17) is 5.11 Å². The lowest BCUT2D eigenvalue weighted by atomic mass is 10.0. The lowest BCUT2D eigenvalue weighted by Gasteiger charge is -2.24. The highest BCUT2D eigenvalue weighted by Gasteiger charge is 2.25. The van der Waals surface area contributed by atoms with E-state index in [0.717, 1.165) is 38.6 Å². The number of carbonyl (C=O) groups is 2. The summed E-state index contributed by atoms with van der Waals surface area (Å²) in [5.74, 6) is -1.11. The van der Waals surface area contributed by atoms with Crippen molar-refractivity contribution in [3.8, 4) is 0 Å². The summed E-state index contributed by atoms with van der Waals surface area (Å²) >= 11 is 0. The lowest BCUT2D eigenvalue weighted by Crippen LogP contribution is -2.51. The quantitative estimate of drug-likeness (QED) is 0.646. The van der Waals surface area contributed by atoms with Crippen LogP contribution in [-0.4, -0.2) is 35.6 Å². The van der Waals surface area contributed by atoms with E-state index < -0.39 is 12.0 Å². The summed E-state index contributed by atoms with van der Waals surface area (Å²) in [6, 6.07) is -0.960. The molecule has 1 rings (SSSR count). The Bertz CT molecular complexity index is 262. The van der Waals surface area contributed by atoms with Gasteiger partial charge in [0.1, 0.15) is 6.04 Å². The number of nitrogens with one attached hydrogen (secondary N) is 2. The van der Waals surface area contributed by atoms with E-state index in [-0.39, 0.29) is 11.9 Å². The topological polar surface area (TPSA) is 78.4 Å². The molecule has 0 aromatic heterocycles. The fourth-order valence-corrected chi connectivity index (χ4v) is 2.01. The summed E-state index contributed by atoms with van der Waals surface area (Å²) in [6.07, 6.45) is 5.16. The Morgan fingerprint density at radius 2 is 2.24 bits per heavy atom. The number of rotatable bonds is 6. The van der Waals surface area contributed by atoms with Crippen LogP contribution in [0.2, 0.25) is 0 Å². The van der Waals surface area contributed by atoms with Gasteiger partial charge in [-0.05, 0) is 25.8 Å². The third-order valence-corrected chi connectivity index (χ3v) is 3.09. The van der Waals surface area contributed by atoms with Gasteiger partial charge in [-0.3, -0.25) is 4.79 Å². The first-order valence-electron chi connectivity index (χ1n) is 6.41. The molecule has 1 amide bonds. The minimum Gasteiger partial charge on any atom is -0.480 e. The average molecular weight is 242 g/mol. The van der Waals surface area contributed by atoms with Crippen LogP contribution >= 0.6 is 0 Å². The Balaban J connectivity index is 2.42. The van der Waals surface area contributed by atoms with E-state index in [2.05, 4.69) is 10.6 Å². The smallest absolute Gasteiger partial charge is 0.326 e. The summed E-state index contributed by atoms with van der Waals surface area (Å²) in [6.45, 7) is 2.84. The normalized spacial score (nSPS) is 21.8. The number of hydrogen-bond donors (Lipinski definition) is 3. The van der Waals surface area contributed by atoms with E-state index >= 15 is 0 Å². The maximum absolute atomic E-state index is 11.8. The largest absolute Gasteiger partial charge is 0.480 e. The van der Waals surface area contributed by atoms with Crippen molar-refractivity contribution in [1.82, 2.24) is 10.6 Å². The number of carbonyl (C=O) groups excluding carboxylic acids is 1. The van der Waals surface area contributed by atoms with Gasteiger partial charge in [-0.15, -0.1) is 0 Å².